The Morgan fingerprint density at radius 3 is 2.36 bits per heavy atom. The fraction of sp³-hybridized carbons (Fsp3) is 0.222. The highest BCUT2D eigenvalue weighted by Crippen LogP contribution is 2.07. The molecular formula is C9H11N5. The number of rotatable bonds is 1. The lowest BCUT2D eigenvalue weighted by Gasteiger charge is -2.01. The van der Waals surface area contributed by atoms with E-state index in [1.807, 2.05) is 19.9 Å². The van der Waals surface area contributed by atoms with E-state index in [9.17, 15) is 0 Å². The Kier molecular flexibility index (Phi) is 1.92. The van der Waals surface area contributed by atoms with E-state index in [1.54, 1.807) is 17.1 Å². The second-order valence-electron chi connectivity index (χ2n) is 3.16. The van der Waals surface area contributed by atoms with Crippen molar-refractivity contribution in [1.82, 2.24) is 19.7 Å². The van der Waals surface area contributed by atoms with Crippen LogP contribution >= 0.6 is 0 Å². The van der Waals surface area contributed by atoms with Gasteiger partial charge in [-0.15, -0.1) is 0 Å². The minimum Gasteiger partial charge on any atom is -0.396 e. The van der Waals surface area contributed by atoms with Gasteiger partial charge in [-0.1, -0.05) is 0 Å². The zero-order valence-electron chi connectivity index (χ0n) is 8.10. The Morgan fingerprint density at radius 1 is 1.21 bits per heavy atom. The van der Waals surface area contributed by atoms with Crippen LogP contribution in [0.25, 0.3) is 5.95 Å². The second kappa shape index (κ2) is 3.10. The average Bonchev–Trinajstić information content (AvgIpc) is 2.47. The van der Waals surface area contributed by atoms with Crippen LogP contribution in [0.1, 0.15) is 11.4 Å². The average molecular weight is 189 g/mol. The van der Waals surface area contributed by atoms with E-state index >= 15 is 0 Å². The maximum Gasteiger partial charge on any atom is 0.250 e. The van der Waals surface area contributed by atoms with Gasteiger partial charge < -0.3 is 5.73 Å². The summed E-state index contributed by atoms with van der Waals surface area (Å²) < 4.78 is 1.69. The summed E-state index contributed by atoms with van der Waals surface area (Å²) in [6, 6.07) is 1.97. The minimum absolute atomic E-state index is 0.546. The van der Waals surface area contributed by atoms with E-state index in [2.05, 4.69) is 15.1 Å². The number of anilines is 1. The first-order chi connectivity index (χ1) is 6.66. The number of aryl methyl sites for hydroxylation is 2. The Hall–Kier alpha value is -1.91. The Morgan fingerprint density at radius 2 is 1.86 bits per heavy atom. The fourth-order valence-corrected chi connectivity index (χ4v) is 1.27. The van der Waals surface area contributed by atoms with Crippen molar-refractivity contribution in [2.45, 2.75) is 13.8 Å². The molecule has 0 radical (unpaired) electrons. The Labute approximate surface area is 81.6 Å². The predicted molar refractivity (Wildman–Crippen MR) is 53.0 cm³/mol. The van der Waals surface area contributed by atoms with Crippen LogP contribution in [-0.4, -0.2) is 19.7 Å². The Bertz CT molecular complexity index is 443. The minimum atomic E-state index is 0.546. The van der Waals surface area contributed by atoms with Crippen molar-refractivity contribution in [3.05, 3.63) is 29.8 Å². The molecule has 5 heteroatoms. The van der Waals surface area contributed by atoms with Crippen molar-refractivity contribution in [1.29, 1.82) is 0 Å². The van der Waals surface area contributed by atoms with Gasteiger partial charge in [0.1, 0.15) is 0 Å². The summed E-state index contributed by atoms with van der Waals surface area (Å²) in [7, 11) is 0. The predicted octanol–water partition coefficient (Wildman–Crippen LogP) is 0.861. The van der Waals surface area contributed by atoms with Crippen LogP contribution in [-0.2, 0) is 0 Å². The molecule has 0 bridgehead atoms. The first-order valence-corrected chi connectivity index (χ1v) is 4.28. The molecule has 0 saturated heterocycles. The third-order valence-electron chi connectivity index (χ3n) is 1.86. The molecule has 2 rings (SSSR count). The summed E-state index contributed by atoms with van der Waals surface area (Å²) in [6.07, 6.45) is 3.14. The summed E-state index contributed by atoms with van der Waals surface area (Å²) in [4.78, 5) is 8.17. The van der Waals surface area contributed by atoms with Gasteiger partial charge in [-0.05, 0) is 19.9 Å². The first kappa shape index (κ1) is 8.68. The lowest BCUT2D eigenvalue weighted by atomic mass is 10.4. The van der Waals surface area contributed by atoms with Gasteiger partial charge in [-0.25, -0.2) is 14.6 Å². The molecule has 2 aromatic rings. The SMILES string of the molecule is Cc1cc(C)n(-c2ncc(N)cn2)n1. The van der Waals surface area contributed by atoms with Crippen molar-refractivity contribution in [2.75, 3.05) is 5.73 Å². The number of nitrogens with zero attached hydrogens (tertiary/aromatic N) is 4. The molecule has 0 fully saturated rings. The van der Waals surface area contributed by atoms with E-state index in [0.29, 0.717) is 11.6 Å². The van der Waals surface area contributed by atoms with E-state index in [-0.39, 0.29) is 0 Å². The topological polar surface area (TPSA) is 69.6 Å². The molecule has 0 amide bonds. The Balaban J connectivity index is 2.49. The summed E-state index contributed by atoms with van der Waals surface area (Å²) in [5.74, 6) is 0.546. The summed E-state index contributed by atoms with van der Waals surface area (Å²) in [6.45, 7) is 3.89. The number of hydrogen-bond donors (Lipinski definition) is 1. The molecule has 0 atom stereocenters. The monoisotopic (exact) mass is 189 g/mol. The number of hydrogen-bond acceptors (Lipinski definition) is 4. The molecule has 0 aliphatic carbocycles. The quantitative estimate of drug-likeness (QED) is 0.722. The highest BCUT2D eigenvalue weighted by Gasteiger charge is 2.05. The number of nitrogens with two attached hydrogens (primary N) is 1. The largest absolute Gasteiger partial charge is 0.396 e. The third kappa shape index (κ3) is 1.44. The van der Waals surface area contributed by atoms with Crippen molar-refractivity contribution in [3.63, 3.8) is 0 Å². The van der Waals surface area contributed by atoms with Gasteiger partial charge in [0.2, 0.25) is 0 Å². The standard InChI is InChI=1S/C9H11N5/c1-6-3-7(2)14(13-6)9-11-4-8(10)5-12-9/h3-5H,10H2,1-2H3. The van der Waals surface area contributed by atoms with E-state index in [1.165, 1.54) is 0 Å². The highest BCUT2D eigenvalue weighted by molar-refractivity contribution is 5.32. The van der Waals surface area contributed by atoms with Crippen molar-refractivity contribution >= 4 is 5.69 Å². The molecule has 0 aliphatic heterocycles. The molecule has 0 spiro atoms. The van der Waals surface area contributed by atoms with Gasteiger partial charge in [-0.2, -0.15) is 5.10 Å². The van der Waals surface area contributed by atoms with Gasteiger partial charge >= 0.3 is 0 Å². The number of nitrogen functional groups attached to an aromatic ring is 1. The molecule has 0 unspecified atom stereocenters. The maximum absolute atomic E-state index is 5.49. The van der Waals surface area contributed by atoms with Crippen molar-refractivity contribution in [3.8, 4) is 5.95 Å². The van der Waals surface area contributed by atoms with Gasteiger partial charge in [0, 0.05) is 5.69 Å². The van der Waals surface area contributed by atoms with Gasteiger partial charge in [-0.3, -0.25) is 0 Å². The van der Waals surface area contributed by atoms with E-state index in [4.69, 9.17) is 5.73 Å². The van der Waals surface area contributed by atoms with Crippen LogP contribution in [0.5, 0.6) is 0 Å². The summed E-state index contributed by atoms with van der Waals surface area (Å²) in [5, 5.41) is 4.26. The zero-order valence-corrected chi connectivity index (χ0v) is 8.10. The zero-order chi connectivity index (χ0) is 10.1. The normalized spacial score (nSPS) is 10.4. The molecule has 2 N–H and O–H groups in total. The molecule has 72 valence electrons. The third-order valence-corrected chi connectivity index (χ3v) is 1.86. The molecule has 0 saturated carbocycles. The van der Waals surface area contributed by atoms with Crippen LogP contribution in [0.15, 0.2) is 18.5 Å². The van der Waals surface area contributed by atoms with Crippen LogP contribution in [0.3, 0.4) is 0 Å². The molecule has 14 heavy (non-hydrogen) atoms. The van der Waals surface area contributed by atoms with Gasteiger partial charge in [0.25, 0.3) is 5.95 Å². The van der Waals surface area contributed by atoms with Crippen molar-refractivity contribution in [2.24, 2.45) is 0 Å². The van der Waals surface area contributed by atoms with Crippen LogP contribution < -0.4 is 5.73 Å². The molecular weight excluding hydrogens is 178 g/mol. The van der Waals surface area contributed by atoms with E-state index in [0.717, 1.165) is 11.4 Å². The molecule has 2 aromatic heterocycles. The van der Waals surface area contributed by atoms with Crippen LogP contribution in [0.4, 0.5) is 5.69 Å². The fourth-order valence-electron chi connectivity index (χ4n) is 1.27. The molecule has 2 heterocycles. The molecule has 0 aliphatic rings. The summed E-state index contributed by atoms with van der Waals surface area (Å²) >= 11 is 0. The van der Waals surface area contributed by atoms with Crippen molar-refractivity contribution < 1.29 is 0 Å². The van der Waals surface area contributed by atoms with Crippen LogP contribution in [0, 0.1) is 13.8 Å². The smallest absolute Gasteiger partial charge is 0.250 e. The summed E-state index contributed by atoms with van der Waals surface area (Å²) in [5.41, 5.74) is 8.00. The lowest BCUT2D eigenvalue weighted by molar-refractivity contribution is 0.774. The first-order valence-electron chi connectivity index (χ1n) is 4.28. The molecule has 5 nitrogen and oxygen atoms in total. The second-order valence-corrected chi connectivity index (χ2v) is 3.16. The molecule has 0 aromatic carbocycles. The lowest BCUT2D eigenvalue weighted by Crippen LogP contribution is -2.05. The van der Waals surface area contributed by atoms with Gasteiger partial charge in [0.15, 0.2) is 0 Å². The van der Waals surface area contributed by atoms with Gasteiger partial charge in [0.05, 0.1) is 23.8 Å². The highest BCUT2D eigenvalue weighted by atomic mass is 15.3. The van der Waals surface area contributed by atoms with E-state index < -0.39 is 0 Å². The number of aromatic nitrogens is 4. The van der Waals surface area contributed by atoms with Crippen LogP contribution in [0.2, 0.25) is 0 Å². The maximum atomic E-state index is 5.49.